The minimum Gasteiger partial charge on any atom is -0.464 e. The zero-order valence-corrected chi connectivity index (χ0v) is 8.84. The van der Waals surface area contributed by atoms with Gasteiger partial charge in [0.05, 0.1) is 18.1 Å². The van der Waals surface area contributed by atoms with Crippen LogP contribution in [0.4, 0.5) is 0 Å². The van der Waals surface area contributed by atoms with E-state index in [0.29, 0.717) is 0 Å². The number of rotatable bonds is 2. The maximum atomic E-state index is 11.3. The van der Waals surface area contributed by atoms with E-state index in [-0.39, 0.29) is 31.0 Å². The van der Waals surface area contributed by atoms with Crippen LogP contribution in [0.5, 0.6) is 0 Å². The van der Waals surface area contributed by atoms with Crippen molar-refractivity contribution in [1.29, 1.82) is 0 Å². The Morgan fingerprint density at radius 3 is 2.36 bits per heavy atom. The summed E-state index contributed by atoms with van der Waals surface area (Å²) in [6, 6.07) is 0. The fourth-order valence-corrected chi connectivity index (χ4v) is 2.85. The van der Waals surface area contributed by atoms with Crippen molar-refractivity contribution in [3.05, 3.63) is 0 Å². The van der Waals surface area contributed by atoms with Gasteiger partial charge >= 0.3 is 5.97 Å². The summed E-state index contributed by atoms with van der Waals surface area (Å²) in [6.07, 6.45) is -0.123. The molecule has 0 bridgehead atoms. The molecule has 0 aromatic carbocycles. The molecule has 0 amide bonds. The Bertz CT molecular complexity index is 305. The first-order valence-corrected chi connectivity index (χ1v) is 6.32. The van der Waals surface area contributed by atoms with E-state index in [1.165, 1.54) is 0 Å². The minimum atomic E-state index is -3.07. The molecule has 0 aromatic rings. The fourth-order valence-electron chi connectivity index (χ4n) is 1.35. The molecule has 5 nitrogen and oxygen atoms in total. The Hall–Kier alpha value is -0.620. The average Bonchev–Trinajstić information content (AvgIpc) is 2.11. The van der Waals surface area contributed by atoms with E-state index in [0.717, 1.165) is 0 Å². The molecule has 82 valence electrons. The smallest absolute Gasteiger partial charge is 0.338 e. The lowest BCUT2D eigenvalue weighted by molar-refractivity contribution is -0.165. The molecule has 1 aliphatic rings. The van der Waals surface area contributed by atoms with Crippen LogP contribution < -0.4 is 0 Å². The van der Waals surface area contributed by atoms with Gasteiger partial charge in [-0.1, -0.05) is 0 Å². The van der Waals surface area contributed by atoms with Gasteiger partial charge in [0.1, 0.15) is 0 Å². The molecule has 0 spiro atoms. The van der Waals surface area contributed by atoms with Crippen LogP contribution in [-0.4, -0.2) is 43.2 Å². The maximum Gasteiger partial charge on any atom is 0.338 e. The minimum absolute atomic E-state index is 0.0613. The summed E-state index contributed by atoms with van der Waals surface area (Å²) in [5.41, 5.74) is -1.60. The number of sulfone groups is 1. The summed E-state index contributed by atoms with van der Waals surface area (Å²) in [6.45, 7) is 1.83. The van der Waals surface area contributed by atoms with Crippen molar-refractivity contribution in [2.45, 2.75) is 25.4 Å². The Balaban J connectivity index is 2.66. The molecule has 6 heteroatoms. The van der Waals surface area contributed by atoms with E-state index in [1.807, 2.05) is 0 Å². The van der Waals surface area contributed by atoms with Crippen LogP contribution in [0.1, 0.15) is 19.8 Å². The average molecular weight is 222 g/mol. The lowest BCUT2D eigenvalue weighted by Crippen LogP contribution is -2.46. The summed E-state index contributed by atoms with van der Waals surface area (Å²) >= 11 is 0. The number of hydrogen-bond donors (Lipinski definition) is 1. The molecule has 0 aliphatic carbocycles. The molecule has 1 N–H and O–H groups in total. The number of carbonyl (C=O) groups is 1. The Morgan fingerprint density at radius 2 is 1.93 bits per heavy atom. The predicted octanol–water partition coefficient (Wildman–Crippen LogP) is -0.511. The van der Waals surface area contributed by atoms with E-state index in [4.69, 9.17) is 0 Å². The molecule has 0 saturated carbocycles. The number of carbonyl (C=O) groups excluding carboxylic acids is 1. The van der Waals surface area contributed by atoms with E-state index in [1.54, 1.807) is 6.92 Å². The first-order chi connectivity index (χ1) is 6.40. The summed E-state index contributed by atoms with van der Waals surface area (Å²) in [7, 11) is -3.07. The third-order valence-electron chi connectivity index (χ3n) is 2.31. The van der Waals surface area contributed by atoms with Gasteiger partial charge < -0.3 is 9.84 Å². The first kappa shape index (κ1) is 11.5. The lowest BCUT2D eigenvalue weighted by atomic mass is 9.97. The van der Waals surface area contributed by atoms with Gasteiger partial charge in [-0.15, -0.1) is 0 Å². The lowest BCUT2D eigenvalue weighted by Gasteiger charge is -2.29. The first-order valence-electron chi connectivity index (χ1n) is 4.50. The molecule has 1 heterocycles. The number of hydrogen-bond acceptors (Lipinski definition) is 5. The quantitative estimate of drug-likeness (QED) is 0.636. The van der Waals surface area contributed by atoms with Crippen LogP contribution in [-0.2, 0) is 19.4 Å². The number of aliphatic hydroxyl groups is 1. The Labute approximate surface area is 83.0 Å². The van der Waals surface area contributed by atoms with Crippen molar-refractivity contribution in [1.82, 2.24) is 0 Å². The fraction of sp³-hybridized carbons (Fsp3) is 0.875. The van der Waals surface area contributed by atoms with Crippen LogP contribution >= 0.6 is 0 Å². The topological polar surface area (TPSA) is 80.7 Å². The number of esters is 1. The van der Waals surface area contributed by atoms with Crippen molar-refractivity contribution in [3.8, 4) is 0 Å². The van der Waals surface area contributed by atoms with Gasteiger partial charge in [-0.05, 0) is 6.92 Å². The van der Waals surface area contributed by atoms with Crippen LogP contribution in [0.25, 0.3) is 0 Å². The second-order valence-corrected chi connectivity index (χ2v) is 5.71. The normalized spacial score (nSPS) is 24.1. The summed E-state index contributed by atoms with van der Waals surface area (Å²) < 4.78 is 26.8. The molecular formula is C8H14O5S. The van der Waals surface area contributed by atoms with Crippen molar-refractivity contribution in [3.63, 3.8) is 0 Å². The molecule has 1 aliphatic heterocycles. The summed E-state index contributed by atoms with van der Waals surface area (Å²) in [5.74, 6) is -1.01. The molecule has 0 unspecified atom stereocenters. The summed E-state index contributed by atoms with van der Waals surface area (Å²) in [4.78, 5) is 11.3. The third kappa shape index (κ3) is 2.45. The Morgan fingerprint density at radius 1 is 1.43 bits per heavy atom. The second-order valence-electron chi connectivity index (χ2n) is 3.40. The highest BCUT2D eigenvalue weighted by molar-refractivity contribution is 7.91. The van der Waals surface area contributed by atoms with Crippen LogP contribution in [0.2, 0.25) is 0 Å². The zero-order valence-electron chi connectivity index (χ0n) is 8.02. The molecule has 1 rings (SSSR count). The van der Waals surface area contributed by atoms with Crippen molar-refractivity contribution < 1.29 is 23.1 Å². The Kier molecular flexibility index (Phi) is 3.16. The molecule has 0 atom stereocenters. The van der Waals surface area contributed by atoms with Gasteiger partial charge in [0.15, 0.2) is 15.4 Å². The van der Waals surface area contributed by atoms with E-state index < -0.39 is 21.4 Å². The maximum absolute atomic E-state index is 11.3. The zero-order chi connectivity index (χ0) is 10.8. The van der Waals surface area contributed by atoms with Crippen LogP contribution in [0, 0.1) is 0 Å². The highest BCUT2D eigenvalue weighted by Crippen LogP contribution is 2.24. The second kappa shape index (κ2) is 3.86. The van der Waals surface area contributed by atoms with Gasteiger partial charge in [0.2, 0.25) is 0 Å². The van der Waals surface area contributed by atoms with Gasteiger partial charge in [0, 0.05) is 12.8 Å². The van der Waals surface area contributed by atoms with Gasteiger partial charge in [-0.2, -0.15) is 0 Å². The highest BCUT2D eigenvalue weighted by Gasteiger charge is 2.42. The van der Waals surface area contributed by atoms with Crippen molar-refractivity contribution >= 4 is 15.8 Å². The number of ether oxygens (including phenoxy) is 1. The van der Waals surface area contributed by atoms with Gasteiger partial charge in [-0.25, -0.2) is 13.2 Å². The van der Waals surface area contributed by atoms with Gasteiger partial charge in [-0.3, -0.25) is 0 Å². The van der Waals surface area contributed by atoms with Crippen molar-refractivity contribution in [2.75, 3.05) is 18.1 Å². The molecule has 0 aromatic heterocycles. The molecular weight excluding hydrogens is 208 g/mol. The third-order valence-corrected chi connectivity index (χ3v) is 3.96. The molecule has 14 heavy (non-hydrogen) atoms. The summed E-state index contributed by atoms with van der Waals surface area (Å²) in [5, 5.41) is 9.76. The van der Waals surface area contributed by atoms with E-state index >= 15 is 0 Å². The van der Waals surface area contributed by atoms with Crippen LogP contribution in [0.15, 0.2) is 0 Å². The van der Waals surface area contributed by atoms with E-state index in [2.05, 4.69) is 4.74 Å². The molecule has 1 fully saturated rings. The predicted molar refractivity (Wildman–Crippen MR) is 49.5 cm³/mol. The highest BCUT2D eigenvalue weighted by atomic mass is 32.2. The molecule has 1 saturated heterocycles. The largest absolute Gasteiger partial charge is 0.464 e. The standard InChI is InChI=1S/C8H14O5S/c1-2-13-7(9)8(10)3-5-14(11,12)6-4-8/h10H,2-6H2,1H3. The monoisotopic (exact) mass is 222 g/mol. The van der Waals surface area contributed by atoms with E-state index in [9.17, 15) is 18.3 Å². The van der Waals surface area contributed by atoms with Crippen LogP contribution in [0.3, 0.4) is 0 Å². The molecule has 0 radical (unpaired) electrons. The van der Waals surface area contributed by atoms with Crippen molar-refractivity contribution in [2.24, 2.45) is 0 Å². The van der Waals surface area contributed by atoms with Gasteiger partial charge in [0.25, 0.3) is 0 Å². The SMILES string of the molecule is CCOC(=O)C1(O)CCS(=O)(=O)CC1.